The smallest absolute Gasteiger partial charge is 0.325 e. The third kappa shape index (κ3) is 6.69. The second-order valence-electron chi connectivity index (χ2n) is 7.20. The molecule has 10 heteroatoms. The molecule has 3 N–H and O–H groups in total. The van der Waals surface area contributed by atoms with Crippen LogP contribution in [0.3, 0.4) is 0 Å². The van der Waals surface area contributed by atoms with Crippen LogP contribution in [-0.2, 0) is 16.4 Å². The van der Waals surface area contributed by atoms with Crippen molar-refractivity contribution in [3.63, 3.8) is 0 Å². The Morgan fingerprint density at radius 1 is 1.21 bits per heavy atom. The van der Waals surface area contributed by atoms with E-state index < -0.39 is 10.0 Å². The second kappa shape index (κ2) is 9.55. The Hall–Kier alpha value is -2.17. The van der Waals surface area contributed by atoms with Gasteiger partial charge in [-0.3, -0.25) is 5.32 Å². The number of carbonyl (C=O) groups excluding carboxylic acids is 1. The van der Waals surface area contributed by atoms with Crippen molar-refractivity contribution in [1.82, 2.24) is 9.71 Å². The van der Waals surface area contributed by atoms with Gasteiger partial charge in [-0.2, -0.15) is 0 Å². The minimum absolute atomic E-state index is 0.301. The second-order valence-corrected chi connectivity index (χ2v) is 10.1. The Morgan fingerprint density at radius 3 is 2.69 bits per heavy atom. The average molecular weight is 438 g/mol. The monoisotopic (exact) mass is 437 g/mol. The lowest BCUT2D eigenvalue weighted by Gasteiger charge is -2.30. The van der Waals surface area contributed by atoms with E-state index in [1.807, 2.05) is 19.1 Å². The minimum Gasteiger partial charge on any atom is -0.370 e. The number of sulfonamides is 1. The van der Waals surface area contributed by atoms with Crippen molar-refractivity contribution in [3.05, 3.63) is 34.8 Å². The summed E-state index contributed by atoms with van der Waals surface area (Å²) in [7, 11) is -3.21. The van der Waals surface area contributed by atoms with Gasteiger partial charge in [0.2, 0.25) is 10.0 Å². The van der Waals surface area contributed by atoms with Gasteiger partial charge in [0.05, 0.1) is 17.6 Å². The van der Waals surface area contributed by atoms with Crippen LogP contribution in [0.1, 0.15) is 29.7 Å². The van der Waals surface area contributed by atoms with Crippen molar-refractivity contribution >= 4 is 43.9 Å². The number of benzene rings is 1. The maximum absolute atomic E-state index is 12.5. The van der Waals surface area contributed by atoms with E-state index in [1.54, 1.807) is 6.20 Å². The summed E-state index contributed by atoms with van der Waals surface area (Å²) in [5.74, 6) is 0. The molecule has 0 unspecified atom stereocenters. The first-order valence-electron chi connectivity index (χ1n) is 9.63. The van der Waals surface area contributed by atoms with Crippen molar-refractivity contribution in [1.29, 1.82) is 0 Å². The van der Waals surface area contributed by atoms with Crippen molar-refractivity contribution in [3.8, 4) is 0 Å². The third-order valence-corrected chi connectivity index (χ3v) is 6.31. The molecule has 29 heavy (non-hydrogen) atoms. The van der Waals surface area contributed by atoms with Gasteiger partial charge in [-0.05, 0) is 50.3 Å². The number of urea groups is 1. The molecule has 0 aliphatic carbocycles. The van der Waals surface area contributed by atoms with E-state index in [0.29, 0.717) is 18.1 Å². The summed E-state index contributed by atoms with van der Waals surface area (Å²) in [6.45, 7) is 4.34. The molecule has 2 heterocycles. The number of piperidine rings is 1. The van der Waals surface area contributed by atoms with Gasteiger partial charge < -0.3 is 10.2 Å². The number of thiazole rings is 1. The number of amides is 2. The van der Waals surface area contributed by atoms with Crippen molar-refractivity contribution in [2.24, 2.45) is 0 Å². The molecule has 158 valence electrons. The van der Waals surface area contributed by atoms with Crippen LogP contribution in [0.25, 0.3) is 0 Å². The summed E-state index contributed by atoms with van der Waals surface area (Å²) in [5.41, 5.74) is 2.99. The highest BCUT2D eigenvalue weighted by atomic mass is 32.2. The highest BCUT2D eigenvalue weighted by Crippen LogP contribution is 2.30. The number of aryl methyl sites for hydroxylation is 1. The average Bonchev–Trinajstić information content (AvgIpc) is 3.10. The van der Waals surface area contributed by atoms with Gasteiger partial charge in [-0.1, -0.05) is 6.07 Å². The number of rotatable bonds is 7. The summed E-state index contributed by atoms with van der Waals surface area (Å²) in [4.78, 5) is 19.9. The molecule has 3 rings (SSSR count). The SMILES string of the molecule is Cc1ccc(NC(=O)Nc2ncc(CCNS(C)(=O)=O)s2)c(N2CCCCC2)c1. The van der Waals surface area contributed by atoms with Crippen LogP contribution >= 0.6 is 11.3 Å². The van der Waals surface area contributed by atoms with Gasteiger partial charge in [0.25, 0.3) is 0 Å². The lowest BCUT2D eigenvalue weighted by atomic mass is 10.1. The first kappa shape index (κ1) is 21.5. The first-order chi connectivity index (χ1) is 13.8. The topological polar surface area (TPSA) is 103 Å². The van der Waals surface area contributed by atoms with E-state index >= 15 is 0 Å². The maximum atomic E-state index is 12.5. The number of nitrogens with one attached hydrogen (secondary N) is 3. The number of hydrogen-bond acceptors (Lipinski definition) is 6. The molecule has 0 atom stereocenters. The summed E-state index contributed by atoms with van der Waals surface area (Å²) < 4.78 is 24.7. The van der Waals surface area contributed by atoms with Crippen molar-refractivity contribution < 1.29 is 13.2 Å². The summed E-state index contributed by atoms with van der Waals surface area (Å²) >= 11 is 1.33. The zero-order valence-corrected chi connectivity index (χ0v) is 18.3. The fourth-order valence-corrected chi connectivity index (χ4v) is 4.51. The van der Waals surface area contributed by atoms with Crippen LogP contribution in [0.4, 0.5) is 21.3 Å². The molecular formula is C19H27N5O3S2. The molecular weight excluding hydrogens is 410 g/mol. The van der Waals surface area contributed by atoms with Crippen LogP contribution in [0.5, 0.6) is 0 Å². The molecule has 1 aliphatic heterocycles. The Morgan fingerprint density at radius 2 is 1.97 bits per heavy atom. The standard InChI is InChI=1S/C19H27N5O3S2/c1-14-6-7-16(17(12-14)24-10-4-3-5-11-24)22-18(25)23-19-20-13-15(28-19)8-9-21-29(2,26)27/h6-7,12-13,21H,3-5,8-11H2,1-2H3,(H2,20,22,23,25). The molecule has 1 saturated heterocycles. The lowest BCUT2D eigenvalue weighted by Crippen LogP contribution is -2.31. The number of nitrogens with zero attached hydrogens (tertiary/aromatic N) is 2. The van der Waals surface area contributed by atoms with Crippen LogP contribution in [0, 0.1) is 6.92 Å². The Labute approximate surface area is 175 Å². The minimum atomic E-state index is -3.21. The molecule has 0 bridgehead atoms. The molecule has 2 amide bonds. The van der Waals surface area contributed by atoms with Gasteiger partial charge in [0, 0.05) is 30.7 Å². The van der Waals surface area contributed by atoms with Gasteiger partial charge in [-0.25, -0.2) is 22.9 Å². The van der Waals surface area contributed by atoms with Crippen LogP contribution in [-0.4, -0.2) is 45.3 Å². The van der Waals surface area contributed by atoms with E-state index in [4.69, 9.17) is 0 Å². The Bertz CT molecular complexity index is 953. The molecule has 0 saturated carbocycles. The molecule has 1 aromatic carbocycles. The zero-order chi connectivity index (χ0) is 20.9. The maximum Gasteiger partial charge on any atom is 0.325 e. The molecule has 1 aromatic heterocycles. The fraction of sp³-hybridized carbons (Fsp3) is 0.474. The summed E-state index contributed by atoms with van der Waals surface area (Å²) in [6.07, 6.45) is 6.86. The predicted octanol–water partition coefficient (Wildman–Crippen LogP) is 3.18. The van der Waals surface area contributed by atoms with Gasteiger partial charge in [-0.15, -0.1) is 11.3 Å². The summed E-state index contributed by atoms with van der Waals surface area (Å²) in [6, 6.07) is 5.68. The Balaban J connectivity index is 1.60. The van der Waals surface area contributed by atoms with Crippen LogP contribution in [0.15, 0.2) is 24.4 Å². The molecule has 1 fully saturated rings. The Kier molecular flexibility index (Phi) is 7.09. The van der Waals surface area contributed by atoms with Gasteiger partial charge in [0.15, 0.2) is 5.13 Å². The highest BCUT2D eigenvalue weighted by molar-refractivity contribution is 7.88. The lowest BCUT2D eigenvalue weighted by molar-refractivity contribution is 0.262. The molecule has 0 radical (unpaired) electrons. The van der Waals surface area contributed by atoms with E-state index in [2.05, 4.69) is 31.3 Å². The van der Waals surface area contributed by atoms with Crippen LogP contribution in [0.2, 0.25) is 0 Å². The van der Waals surface area contributed by atoms with E-state index in [9.17, 15) is 13.2 Å². The highest BCUT2D eigenvalue weighted by Gasteiger charge is 2.16. The fourth-order valence-electron chi connectivity index (χ4n) is 3.24. The van der Waals surface area contributed by atoms with Gasteiger partial charge in [0.1, 0.15) is 0 Å². The number of hydrogen-bond donors (Lipinski definition) is 3. The van der Waals surface area contributed by atoms with Crippen molar-refractivity contribution in [2.75, 3.05) is 41.4 Å². The first-order valence-corrected chi connectivity index (χ1v) is 12.3. The quantitative estimate of drug-likeness (QED) is 0.617. The van der Waals surface area contributed by atoms with Gasteiger partial charge >= 0.3 is 6.03 Å². The number of carbonyl (C=O) groups is 1. The zero-order valence-electron chi connectivity index (χ0n) is 16.7. The largest absolute Gasteiger partial charge is 0.370 e. The summed E-state index contributed by atoms with van der Waals surface area (Å²) in [5, 5.41) is 6.18. The number of aromatic nitrogens is 1. The molecule has 8 nitrogen and oxygen atoms in total. The molecule has 1 aliphatic rings. The molecule has 0 spiro atoms. The van der Waals surface area contributed by atoms with Crippen LogP contribution < -0.4 is 20.3 Å². The molecule has 2 aromatic rings. The third-order valence-electron chi connectivity index (χ3n) is 4.61. The van der Waals surface area contributed by atoms with E-state index in [-0.39, 0.29) is 6.03 Å². The normalized spacial score (nSPS) is 14.6. The number of anilines is 3. The van der Waals surface area contributed by atoms with Crippen molar-refractivity contribution in [2.45, 2.75) is 32.6 Å². The predicted molar refractivity (Wildman–Crippen MR) is 119 cm³/mol. The van der Waals surface area contributed by atoms with E-state index in [0.717, 1.165) is 54.0 Å². The van der Waals surface area contributed by atoms with E-state index in [1.165, 1.54) is 17.8 Å².